The van der Waals surface area contributed by atoms with Gasteiger partial charge in [0.15, 0.2) is 0 Å². The number of aliphatic hydroxyl groups excluding tert-OH is 1. The Bertz CT molecular complexity index is 455. The standard InChI is InChI=1S/C14H19BrO3/c1-8-7-9(2)14(15)10(3)13(8)11(16)5-4-6-12(17)18/h7,11,16H,4-6H2,1-3H3,(H,17,18). The van der Waals surface area contributed by atoms with Gasteiger partial charge in [0.05, 0.1) is 6.10 Å². The molecule has 0 saturated heterocycles. The molecule has 1 unspecified atom stereocenters. The summed E-state index contributed by atoms with van der Waals surface area (Å²) in [6, 6.07) is 2.03. The van der Waals surface area contributed by atoms with Gasteiger partial charge in [0, 0.05) is 10.9 Å². The molecular weight excluding hydrogens is 296 g/mol. The van der Waals surface area contributed by atoms with E-state index in [2.05, 4.69) is 15.9 Å². The molecule has 2 N–H and O–H groups in total. The molecule has 0 aliphatic carbocycles. The minimum absolute atomic E-state index is 0.0994. The zero-order chi connectivity index (χ0) is 13.9. The van der Waals surface area contributed by atoms with Gasteiger partial charge >= 0.3 is 5.97 Å². The van der Waals surface area contributed by atoms with E-state index in [0.717, 1.165) is 26.7 Å². The SMILES string of the molecule is Cc1cc(C)c(C(O)CCCC(=O)O)c(C)c1Br. The van der Waals surface area contributed by atoms with Crippen LogP contribution in [0, 0.1) is 20.8 Å². The van der Waals surface area contributed by atoms with Crippen LogP contribution in [0.15, 0.2) is 10.5 Å². The van der Waals surface area contributed by atoms with E-state index in [4.69, 9.17) is 5.11 Å². The van der Waals surface area contributed by atoms with Gasteiger partial charge in [-0.2, -0.15) is 0 Å². The molecule has 1 aromatic carbocycles. The van der Waals surface area contributed by atoms with Crippen LogP contribution in [0.1, 0.15) is 47.6 Å². The molecule has 0 fully saturated rings. The van der Waals surface area contributed by atoms with Gasteiger partial charge in [-0.15, -0.1) is 0 Å². The van der Waals surface area contributed by atoms with Crippen molar-refractivity contribution in [3.05, 3.63) is 32.8 Å². The Balaban J connectivity index is 2.89. The van der Waals surface area contributed by atoms with Crippen molar-refractivity contribution >= 4 is 21.9 Å². The fraction of sp³-hybridized carbons (Fsp3) is 0.500. The Morgan fingerprint density at radius 2 is 1.94 bits per heavy atom. The predicted octanol–water partition coefficient (Wildman–Crippen LogP) is 3.66. The van der Waals surface area contributed by atoms with Crippen LogP contribution in [0.2, 0.25) is 0 Å². The van der Waals surface area contributed by atoms with E-state index >= 15 is 0 Å². The summed E-state index contributed by atoms with van der Waals surface area (Å²) >= 11 is 3.52. The molecule has 1 atom stereocenters. The Kier molecular flexibility index (Phi) is 5.35. The highest BCUT2D eigenvalue weighted by molar-refractivity contribution is 9.10. The van der Waals surface area contributed by atoms with E-state index in [0.29, 0.717) is 12.8 Å². The minimum atomic E-state index is -0.819. The van der Waals surface area contributed by atoms with E-state index in [1.807, 2.05) is 26.8 Å². The molecule has 0 aliphatic rings. The van der Waals surface area contributed by atoms with Crippen molar-refractivity contribution in [1.29, 1.82) is 0 Å². The third-order valence-electron chi connectivity index (χ3n) is 3.14. The first-order valence-corrected chi connectivity index (χ1v) is 6.80. The molecule has 1 rings (SSSR count). The summed E-state index contributed by atoms with van der Waals surface area (Å²) in [6.45, 7) is 5.96. The summed E-state index contributed by atoms with van der Waals surface area (Å²) in [5, 5.41) is 18.8. The molecule has 4 heteroatoms. The van der Waals surface area contributed by atoms with Crippen LogP contribution >= 0.6 is 15.9 Å². The van der Waals surface area contributed by atoms with Gasteiger partial charge < -0.3 is 10.2 Å². The van der Waals surface area contributed by atoms with Crippen molar-refractivity contribution in [2.45, 2.75) is 46.1 Å². The maximum absolute atomic E-state index is 10.5. The van der Waals surface area contributed by atoms with E-state index < -0.39 is 12.1 Å². The second-order valence-corrected chi connectivity index (χ2v) is 5.46. The number of hydrogen-bond donors (Lipinski definition) is 2. The molecule has 0 aromatic heterocycles. The highest BCUT2D eigenvalue weighted by Gasteiger charge is 2.16. The first-order chi connectivity index (χ1) is 8.34. The Morgan fingerprint density at radius 3 is 2.50 bits per heavy atom. The van der Waals surface area contributed by atoms with E-state index in [9.17, 15) is 9.90 Å². The quantitative estimate of drug-likeness (QED) is 0.872. The van der Waals surface area contributed by atoms with Crippen molar-refractivity contribution in [1.82, 2.24) is 0 Å². The lowest BCUT2D eigenvalue weighted by Gasteiger charge is -2.19. The summed E-state index contributed by atoms with van der Waals surface area (Å²) in [4.78, 5) is 10.5. The number of carboxylic acids is 1. The first-order valence-electron chi connectivity index (χ1n) is 6.00. The summed E-state index contributed by atoms with van der Waals surface area (Å²) in [6.07, 6.45) is 0.466. The molecule has 0 saturated carbocycles. The smallest absolute Gasteiger partial charge is 0.303 e. The van der Waals surface area contributed by atoms with Crippen LogP contribution in [0.3, 0.4) is 0 Å². The van der Waals surface area contributed by atoms with Crippen LogP contribution in [0.4, 0.5) is 0 Å². The van der Waals surface area contributed by atoms with Gasteiger partial charge in [0.25, 0.3) is 0 Å². The largest absolute Gasteiger partial charge is 0.481 e. The average Bonchev–Trinajstić information content (AvgIpc) is 2.25. The van der Waals surface area contributed by atoms with E-state index in [1.54, 1.807) is 0 Å². The third kappa shape index (κ3) is 3.56. The fourth-order valence-electron chi connectivity index (χ4n) is 2.28. The molecule has 18 heavy (non-hydrogen) atoms. The molecule has 0 bridgehead atoms. The van der Waals surface area contributed by atoms with Crippen molar-refractivity contribution in [3.8, 4) is 0 Å². The maximum atomic E-state index is 10.5. The Labute approximate surface area is 116 Å². The number of carbonyl (C=O) groups is 1. The second-order valence-electron chi connectivity index (χ2n) is 4.66. The Hall–Kier alpha value is -0.870. The van der Waals surface area contributed by atoms with Crippen molar-refractivity contribution in [2.75, 3.05) is 0 Å². The van der Waals surface area contributed by atoms with Crippen LogP contribution in [0.5, 0.6) is 0 Å². The van der Waals surface area contributed by atoms with Crippen LogP contribution < -0.4 is 0 Å². The van der Waals surface area contributed by atoms with Gasteiger partial charge in [-0.25, -0.2) is 0 Å². The summed E-state index contributed by atoms with van der Waals surface area (Å²) in [7, 11) is 0. The molecule has 3 nitrogen and oxygen atoms in total. The zero-order valence-electron chi connectivity index (χ0n) is 11.0. The normalized spacial score (nSPS) is 12.5. The molecule has 0 radical (unpaired) electrons. The van der Waals surface area contributed by atoms with Crippen molar-refractivity contribution in [3.63, 3.8) is 0 Å². The van der Waals surface area contributed by atoms with Gasteiger partial charge in [-0.1, -0.05) is 22.0 Å². The maximum Gasteiger partial charge on any atom is 0.303 e. The molecule has 100 valence electrons. The number of carboxylic acid groups (broad SMARTS) is 1. The molecular formula is C14H19BrO3. The highest BCUT2D eigenvalue weighted by Crippen LogP contribution is 2.32. The van der Waals surface area contributed by atoms with E-state index in [-0.39, 0.29) is 6.42 Å². The molecule has 0 amide bonds. The second kappa shape index (κ2) is 6.34. The van der Waals surface area contributed by atoms with Crippen LogP contribution in [-0.4, -0.2) is 16.2 Å². The van der Waals surface area contributed by atoms with Gasteiger partial charge in [0.1, 0.15) is 0 Å². The van der Waals surface area contributed by atoms with E-state index in [1.165, 1.54) is 0 Å². The lowest BCUT2D eigenvalue weighted by Crippen LogP contribution is -2.06. The first kappa shape index (κ1) is 15.2. The summed E-state index contributed by atoms with van der Waals surface area (Å²) in [5.41, 5.74) is 4.15. The molecule has 0 spiro atoms. The number of halogens is 1. The third-order valence-corrected chi connectivity index (χ3v) is 4.36. The van der Waals surface area contributed by atoms with Gasteiger partial charge in [-0.05, 0) is 55.9 Å². The predicted molar refractivity (Wildman–Crippen MR) is 74.8 cm³/mol. The zero-order valence-corrected chi connectivity index (χ0v) is 12.5. The number of aliphatic carboxylic acids is 1. The lowest BCUT2D eigenvalue weighted by molar-refractivity contribution is -0.137. The molecule has 0 aliphatic heterocycles. The van der Waals surface area contributed by atoms with Crippen LogP contribution in [0.25, 0.3) is 0 Å². The van der Waals surface area contributed by atoms with Gasteiger partial charge in [0.2, 0.25) is 0 Å². The number of aliphatic hydroxyl groups is 1. The number of hydrogen-bond acceptors (Lipinski definition) is 2. The number of benzene rings is 1. The molecule has 1 aromatic rings. The summed E-state index contributed by atoms with van der Waals surface area (Å²) in [5.74, 6) is -0.819. The molecule has 0 heterocycles. The summed E-state index contributed by atoms with van der Waals surface area (Å²) < 4.78 is 1.01. The highest BCUT2D eigenvalue weighted by atomic mass is 79.9. The number of rotatable bonds is 5. The number of aryl methyl sites for hydroxylation is 2. The fourth-order valence-corrected chi connectivity index (χ4v) is 2.61. The van der Waals surface area contributed by atoms with Crippen LogP contribution in [-0.2, 0) is 4.79 Å². The minimum Gasteiger partial charge on any atom is -0.481 e. The lowest BCUT2D eigenvalue weighted by atomic mass is 9.93. The average molecular weight is 315 g/mol. The van der Waals surface area contributed by atoms with Crippen molar-refractivity contribution in [2.24, 2.45) is 0 Å². The Morgan fingerprint density at radius 1 is 1.33 bits per heavy atom. The monoisotopic (exact) mass is 314 g/mol. The van der Waals surface area contributed by atoms with Gasteiger partial charge in [-0.3, -0.25) is 4.79 Å². The topological polar surface area (TPSA) is 57.5 Å². The van der Waals surface area contributed by atoms with Crippen molar-refractivity contribution < 1.29 is 15.0 Å².